The molecule has 3 N–H and O–H groups in total. The highest BCUT2D eigenvalue weighted by molar-refractivity contribution is 6.01. The summed E-state index contributed by atoms with van der Waals surface area (Å²) < 4.78 is 2.10. The summed E-state index contributed by atoms with van der Waals surface area (Å²) in [4.78, 5) is 23.1. The molecule has 20 heavy (non-hydrogen) atoms. The molecule has 1 atom stereocenters. The first-order chi connectivity index (χ1) is 9.69. The minimum Gasteiger partial charge on any atom is -0.346 e. The molecule has 0 radical (unpaired) electrons. The number of rotatable bonds is 3. The summed E-state index contributed by atoms with van der Waals surface area (Å²) in [5, 5.41) is 3.50. The van der Waals surface area contributed by atoms with Gasteiger partial charge in [-0.1, -0.05) is 6.07 Å². The van der Waals surface area contributed by atoms with Crippen molar-refractivity contribution in [1.29, 1.82) is 0 Å². The van der Waals surface area contributed by atoms with Gasteiger partial charge in [-0.05, 0) is 35.6 Å². The van der Waals surface area contributed by atoms with E-state index < -0.39 is 0 Å². The van der Waals surface area contributed by atoms with Gasteiger partial charge in [0.15, 0.2) is 0 Å². The van der Waals surface area contributed by atoms with Crippen molar-refractivity contribution in [2.24, 2.45) is 5.73 Å². The Morgan fingerprint density at radius 2 is 2.15 bits per heavy atom. The smallest absolute Gasteiger partial charge is 0.234 e. The normalized spacial score (nSPS) is 19.4. The lowest BCUT2D eigenvalue weighted by Crippen LogP contribution is -2.39. The molecule has 2 heterocycles. The van der Waals surface area contributed by atoms with Crippen LogP contribution in [-0.2, 0) is 16.1 Å². The van der Waals surface area contributed by atoms with E-state index in [2.05, 4.69) is 9.88 Å². The van der Waals surface area contributed by atoms with E-state index in [9.17, 15) is 9.59 Å². The van der Waals surface area contributed by atoms with E-state index in [1.54, 1.807) is 0 Å². The maximum atomic E-state index is 11.9. The highest BCUT2D eigenvalue weighted by atomic mass is 16.2. The fraction of sp³-hybridized carbons (Fsp3) is 0.333. The average molecular weight is 271 g/mol. The van der Waals surface area contributed by atoms with E-state index in [0.29, 0.717) is 19.4 Å². The summed E-state index contributed by atoms with van der Waals surface area (Å²) in [5.41, 5.74) is 7.67. The number of nitrogens with zero attached hydrogens (tertiary/aromatic N) is 1. The molecule has 0 bridgehead atoms. The van der Waals surface area contributed by atoms with Crippen LogP contribution in [0.2, 0.25) is 0 Å². The first-order valence-corrected chi connectivity index (χ1v) is 6.81. The van der Waals surface area contributed by atoms with Crippen molar-refractivity contribution in [3.8, 4) is 0 Å². The Labute approximate surface area is 116 Å². The molecule has 1 aliphatic rings. The third kappa shape index (κ3) is 2.20. The molecule has 1 aromatic heterocycles. The van der Waals surface area contributed by atoms with Crippen LogP contribution in [0.5, 0.6) is 0 Å². The number of carbonyl (C=O) groups excluding carboxylic acids is 2. The van der Waals surface area contributed by atoms with Crippen molar-refractivity contribution in [1.82, 2.24) is 9.88 Å². The second-order valence-corrected chi connectivity index (χ2v) is 5.12. The fourth-order valence-corrected chi connectivity index (χ4v) is 2.78. The van der Waals surface area contributed by atoms with Crippen molar-refractivity contribution < 1.29 is 9.59 Å². The SMILES string of the molecule is NCCn1ccc2cc(C3CCC(=O)NC3=O)ccc21. The molecule has 1 aliphatic heterocycles. The zero-order valence-electron chi connectivity index (χ0n) is 11.1. The Hall–Kier alpha value is -2.14. The summed E-state index contributed by atoms with van der Waals surface area (Å²) in [7, 11) is 0. The Bertz CT molecular complexity index is 675. The largest absolute Gasteiger partial charge is 0.346 e. The Kier molecular flexibility index (Phi) is 3.28. The van der Waals surface area contributed by atoms with Crippen molar-refractivity contribution in [2.75, 3.05) is 6.54 Å². The highest BCUT2D eigenvalue weighted by Gasteiger charge is 2.27. The molecule has 0 aliphatic carbocycles. The quantitative estimate of drug-likeness (QED) is 0.821. The molecule has 1 unspecified atom stereocenters. The van der Waals surface area contributed by atoms with Gasteiger partial charge in [0, 0.05) is 31.2 Å². The molecule has 0 saturated carbocycles. The zero-order valence-corrected chi connectivity index (χ0v) is 11.1. The number of hydrogen-bond acceptors (Lipinski definition) is 3. The molecule has 3 rings (SSSR count). The number of fused-ring (bicyclic) bond motifs is 1. The van der Waals surface area contributed by atoms with Crippen molar-refractivity contribution in [2.45, 2.75) is 25.3 Å². The minimum atomic E-state index is -0.227. The van der Waals surface area contributed by atoms with Gasteiger partial charge in [-0.25, -0.2) is 0 Å². The van der Waals surface area contributed by atoms with Gasteiger partial charge in [0.1, 0.15) is 0 Å². The number of imide groups is 1. The van der Waals surface area contributed by atoms with Crippen molar-refractivity contribution in [3.05, 3.63) is 36.0 Å². The van der Waals surface area contributed by atoms with Crippen LogP contribution in [0.25, 0.3) is 10.9 Å². The highest BCUT2D eigenvalue weighted by Crippen LogP contribution is 2.28. The predicted molar refractivity (Wildman–Crippen MR) is 76.1 cm³/mol. The van der Waals surface area contributed by atoms with E-state index in [1.807, 2.05) is 30.5 Å². The van der Waals surface area contributed by atoms with Crippen LogP contribution < -0.4 is 11.1 Å². The second-order valence-electron chi connectivity index (χ2n) is 5.12. The maximum absolute atomic E-state index is 11.9. The van der Waals surface area contributed by atoms with Crippen molar-refractivity contribution >= 4 is 22.7 Å². The predicted octanol–water partition coefficient (Wildman–Crippen LogP) is 1.12. The van der Waals surface area contributed by atoms with Gasteiger partial charge in [0.05, 0.1) is 5.92 Å². The molecule has 5 heteroatoms. The van der Waals surface area contributed by atoms with E-state index in [-0.39, 0.29) is 17.7 Å². The van der Waals surface area contributed by atoms with Crippen LogP contribution in [0.15, 0.2) is 30.5 Å². The van der Waals surface area contributed by atoms with E-state index >= 15 is 0 Å². The van der Waals surface area contributed by atoms with Gasteiger partial charge in [-0.2, -0.15) is 0 Å². The fourth-order valence-electron chi connectivity index (χ4n) is 2.78. The number of nitrogens with two attached hydrogens (primary N) is 1. The molecule has 0 spiro atoms. The summed E-state index contributed by atoms with van der Waals surface area (Å²) in [6, 6.07) is 8.04. The molecule has 2 amide bonds. The lowest BCUT2D eigenvalue weighted by atomic mass is 9.90. The topological polar surface area (TPSA) is 77.1 Å². The first-order valence-electron chi connectivity index (χ1n) is 6.81. The average Bonchev–Trinajstić information content (AvgIpc) is 2.82. The lowest BCUT2D eigenvalue weighted by molar-refractivity contribution is -0.134. The van der Waals surface area contributed by atoms with Crippen LogP contribution >= 0.6 is 0 Å². The van der Waals surface area contributed by atoms with E-state index in [4.69, 9.17) is 5.73 Å². The van der Waals surface area contributed by atoms with Crippen LogP contribution in [-0.4, -0.2) is 22.9 Å². The molecule has 1 aromatic carbocycles. The van der Waals surface area contributed by atoms with Gasteiger partial charge in [-0.3, -0.25) is 14.9 Å². The number of aromatic nitrogens is 1. The molecule has 104 valence electrons. The number of piperidine rings is 1. The lowest BCUT2D eigenvalue weighted by Gasteiger charge is -2.21. The monoisotopic (exact) mass is 271 g/mol. The van der Waals surface area contributed by atoms with Gasteiger partial charge in [-0.15, -0.1) is 0 Å². The summed E-state index contributed by atoms with van der Waals surface area (Å²) in [6.45, 7) is 1.37. The summed E-state index contributed by atoms with van der Waals surface area (Å²) >= 11 is 0. The number of nitrogens with one attached hydrogen (secondary N) is 1. The number of hydrogen-bond donors (Lipinski definition) is 2. The Morgan fingerprint density at radius 1 is 1.30 bits per heavy atom. The van der Waals surface area contributed by atoms with E-state index in [0.717, 1.165) is 23.0 Å². The molecular weight excluding hydrogens is 254 g/mol. The standard InChI is InChI=1S/C15H17N3O2/c16-6-8-18-7-5-11-9-10(1-3-13(11)18)12-2-4-14(19)17-15(12)20/h1,3,5,7,9,12H,2,4,6,8,16H2,(H,17,19,20). The van der Waals surface area contributed by atoms with E-state index in [1.165, 1.54) is 0 Å². The summed E-state index contributed by atoms with van der Waals surface area (Å²) in [5.74, 6) is -0.599. The zero-order chi connectivity index (χ0) is 14.1. The molecule has 5 nitrogen and oxygen atoms in total. The third-order valence-electron chi connectivity index (χ3n) is 3.81. The number of amides is 2. The van der Waals surface area contributed by atoms with Crippen LogP contribution in [0.1, 0.15) is 24.3 Å². The van der Waals surface area contributed by atoms with Crippen LogP contribution in [0.4, 0.5) is 0 Å². The Morgan fingerprint density at radius 3 is 2.90 bits per heavy atom. The number of benzene rings is 1. The Balaban J connectivity index is 1.93. The van der Waals surface area contributed by atoms with Gasteiger partial charge < -0.3 is 10.3 Å². The van der Waals surface area contributed by atoms with Crippen LogP contribution in [0.3, 0.4) is 0 Å². The van der Waals surface area contributed by atoms with Crippen LogP contribution in [0, 0.1) is 0 Å². The van der Waals surface area contributed by atoms with Gasteiger partial charge in [0.25, 0.3) is 0 Å². The maximum Gasteiger partial charge on any atom is 0.234 e. The minimum absolute atomic E-state index is 0.179. The number of carbonyl (C=O) groups is 2. The molecule has 2 aromatic rings. The molecular formula is C15H17N3O2. The summed E-state index contributed by atoms with van der Waals surface area (Å²) in [6.07, 6.45) is 2.99. The van der Waals surface area contributed by atoms with Crippen molar-refractivity contribution in [3.63, 3.8) is 0 Å². The molecule has 1 saturated heterocycles. The third-order valence-corrected chi connectivity index (χ3v) is 3.81. The first kappa shape index (κ1) is 12.9. The van der Waals surface area contributed by atoms with Gasteiger partial charge >= 0.3 is 0 Å². The van der Waals surface area contributed by atoms with Gasteiger partial charge in [0.2, 0.25) is 11.8 Å². The second kappa shape index (κ2) is 5.09. The molecule has 1 fully saturated rings.